The summed E-state index contributed by atoms with van der Waals surface area (Å²) in [7, 11) is 1.43. The Bertz CT molecular complexity index is 196. The molecule has 0 bridgehead atoms. The van der Waals surface area contributed by atoms with Crippen LogP contribution in [0.2, 0.25) is 0 Å². The molecule has 1 atom stereocenters. The van der Waals surface area contributed by atoms with Gasteiger partial charge in [-0.05, 0) is 19.9 Å². The van der Waals surface area contributed by atoms with Gasteiger partial charge in [0, 0.05) is 13.7 Å². The predicted octanol–water partition coefficient (Wildman–Crippen LogP) is -0.804. The average molecular weight is 203 g/mol. The number of urea groups is 1. The van der Waals surface area contributed by atoms with Gasteiger partial charge in [-0.25, -0.2) is 4.79 Å². The normalized spacial score (nSPS) is 11.9. The molecule has 0 aromatic rings. The maximum atomic E-state index is 11.2. The van der Waals surface area contributed by atoms with Gasteiger partial charge in [-0.1, -0.05) is 0 Å². The molecule has 4 N–H and O–H groups in total. The van der Waals surface area contributed by atoms with Gasteiger partial charge in [-0.2, -0.15) is 0 Å². The Morgan fingerprint density at radius 1 is 1.50 bits per heavy atom. The second kappa shape index (κ2) is 7.28. The summed E-state index contributed by atoms with van der Waals surface area (Å²) in [4.78, 5) is 21.9. The minimum Gasteiger partial charge on any atom is -0.369 e. The maximum Gasteiger partial charge on any atom is 0.321 e. The van der Waals surface area contributed by atoms with Crippen LogP contribution < -0.4 is 16.4 Å². The smallest absolute Gasteiger partial charge is 0.321 e. The third-order valence-corrected chi connectivity index (χ3v) is 1.55. The summed E-state index contributed by atoms with van der Waals surface area (Å²) < 4.78 is 5.12. The lowest BCUT2D eigenvalue weighted by Gasteiger charge is -2.11. The van der Waals surface area contributed by atoms with Crippen molar-refractivity contribution in [3.05, 3.63) is 0 Å². The Balaban J connectivity index is 3.70. The number of carbonyl (C=O) groups excluding carboxylic acids is 2. The summed E-state index contributed by atoms with van der Waals surface area (Å²) in [5.74, 6) is -0.457. The van der Waals surface area contributed by atoms with Crippen LogP contribution in [0.25, 0.3) is 0 Å². The number of ether oxygens (including phenoxy) is 1. The van der Waals surface area contributed by atoms with Crippen molar-refractivity contribution in [3.63, 3.8) is 0 Å². The molecule has 82 valence electrons. The Kier molecular flexibility index (Phi) is 6.69. The Morgan fingerprint density at radius 2 is 2.14 bits per heavy atom. The molecule has 0 spiro atoms. The van der Waals surface area contributed by atoms with E-state index in [1.54, 1.807) is 6.92 Å². The Morgan fingerprint density at radius 3 is 2.64 bits per heavy atom. The fraction of sp³-hybridized carbons (Fsp3) is 0.750. The molecule has 14 heavy (non-hydrogen) atoms. The molecule has 0 aliphatic carbocycles. The molecular weight excluding hydrogens is 186 g/mol. The van der Waals surface area contributed by atoms with Gasteiger partial charge < -0.3 is 15.8 Å². The van der Waals surface area contributed by atoms with E-state index in [0.717, 1.165) is 0 Å². The van der Waals surface area contributed by atoms with E-state index >= 15 is 0 Å². The first kappa shape index (κ1) is 12.9. The molecule has 0 saturated heterocycles. The fourth-order valence-corrected chi connectivity index (χ4v) is 0.695. The van der Waals surface area contributed by atoms with Gasteiger partial charge >= 0.3 is 6.03 Å². The Labute approximate surface area is 83.2 Å². The molecule has 0 saturated carbocycles. The third kappa shape index (κ3) is 5.50. The maximum absolute atomic E-state index is 11.2. The van der Waals surface area contributed by atoms with E-state index < -0.39 is 18.0 Å². The van der Waals surface area contributed by atoms with E-state index in [1.807, 2.05) is 0 Å². The van der Waals surface area contributed by atoms with Crippen molar-refractivity contribution in [1.82, 2.24) is 10.6 Å². The molecule has 0 rings (SSSR count). The number of rotatable bonds is 5. The molecule has 0 aromatic carbocycles. The number of hydrogen-bond acceptors (Lipinski definition) is 4. The molecule has 3 amide bonds. The predicted molar refractivity (Wildman–Crippen MR) is 51.7 cm³/mol. The van der Waals surface area contributed by atoms with E-state index in [1.165, 1.54) is 7.05 Å². The highest BCUT2D eigenvalue weighted by molar-refractivity contribution is 5.96. The molecule has 0 aliphatic heterocycles. The first-order valence-electron chi connectivity index (χ1n) is 4.46. The van der Waals surface area contributed by atoms with E-state index in [9.17, 15) is 9.59 Å². The number of nitrogens with two attached hydrogens (primary N) is 1. The summed E-state index contributed by atoms with van der Waals surface area (Å²) in [6, 6.07) is -0.538. The molecule has 0 fully saturated rings. The molecule has 0 radical (unpaired) electrons. The van der Waals surface area contributed by atoms with E-state index in [2.05, 4.69) is 10.6 Å². The highest BCUT2D eigenvalue weighted by Gasteiger charge is 2.14. The first-order valence-corrected chi connectivity index (χ1v) is 4.46. The van der Waals surface area contributed by atoms with Gasteiger partial charge in [-0.3, -0.25) is 10.1 Å². The standard InChI is InChI=1S/C8H17N3O3/c1-6(14-5-3-4-9)7(12)11-8(13)10-2/h6H,3-5,9H2,1-2H3,(H2,10,11,12,13). The number of carbonyl (C=O) groups is 2. The number of amides is 3. The molecule has 0 aromatic heterocycles. The van der Waals surface area contributed by atoms with Crippen LogP contribution in [-0.4, -0.2) is 38.2 Å². The summed E-state index contributed by atoms with van der Waals surface area (Å²) in [6.07, 6.45) is 0.0521. The quantitative estimate of drug-likeness (QED) is 0.510. The molecule has 1 unspecified atom stereocenters. The van der Waals surface area contributed by atoms with E-state index in [0.29, 0.717) is 19.6 Å². The van der Waals surface area contributed by atoms with Gasteiger partial charge in [-0.15, -0.1) is 0 Å². The zero-order valence-corrected chi connectivity index (χ0v) is 8.50. The number of nitrogens with one attached hydrogen (secondary N) is 2. The second-order valence-electron chi connectivity index (χ2n) is 2.72. The van der Waals surface area contributed by atoms with Crippen LogP contribution >= 0.6 is 0 Å². The zero-order chi connectivity index (χ0) is 11.0. The van der Waals surface area contributed by atoms with Crippen molar-refractivity contribution in [2.75, 3.05) is 20.2 Å². The zero-order valence-electron chi connectivity index (χ0n) is 8.50. The van der Waals surface area contributed by atoms with Gasteiger partial charge in [0.2, 0.25) is 0 Å². The van der Waals surface area contributed by atoms with Crippen molar-refractivity contribution in [1.29, 1.82) is 0 Å². The lowest BCUT2D eigenvalue weighted by molar-refractivity contribution is -0.130. The monoisotopic (exact) mass is 203 g/mol. The third-order valence-electron chi connectivity index (χ3n) is 1.55. The van der Waals surface area contributed by atoms with Gasteiger partial charge in [0.15, 0.2) is 0 Å². The number of imide groups is 1. The minimum atomic E-state index is -0.640. The van der Waals surface area contributed by atoms with Crippen LogP contribution in [0.3, 0.4) is 0 Å². The Hall–Kier alpha value is -1.14. The van der Waals surface area contributed by atoms with E-state index in [4.69, 9.17) is 10.5 Å². The van der Waals surface area contributed by atoms with Crippen molar-refractivity contribution in [2.24, 2.45) is 5.73 Å². The summed E-state index contributed by atoms with van der Waals surface area (Å²) >= 11 is 0. The lowest BCUT2D eigenvalue weighted by Crippen LogP contribution is -2.43. The largest absolute Gasteiger partial charge is 0.369 e. The highest BCUT2D eigenvalue weighted by atomic mass is 16.5. The summed E-state index contributed by atoms with van der Waals surface area (Å²) in [6.45, 7) is 2.51. The first-order chi connectivity index (χ1) is 6.61. The molecule has 0 aliphatic rings. The van der Waals surface area contributed by atoms with Crippen LogP contribution in [0.4, 0.5) is 4.79 Å². The van der Waals surface area contributed by atoms with Crippen LogP contribution in [0, 0.1) is 0 Å². The second-order valence-corrected chi connectivity index (χ2v) is 2.72. The van der Waals surface area contributed by atoms with Gasteiger partial charge in [0.05, 0.1) is 0 Å². The molecular formula is C8H17N3O3. The van der Waals surface area contributed by atoms with Crippen molar-refractivity contribution >= 4 is 11.9 Å². The minimum absolute atomic E-state index is 0.416. The molecule has 6 heteroatoms. The van der Waals surface area contributed by atoms with Crippen molar-refractivity contribution in [3.8, 4) is 0 Å². The SMILES string of the molecule is CNC(=O)NC(=O)C(C)OCCCN. The van der Waals surface area contributed by atoms with Crippen LogP contribution in [0.15, 0.2) is 0 Å². The van der Waals surface area contributed by atoms with Crippen molar-refractivity contribution in [2.45, 2.75) is 19.4 Å². The average Bonchev–Trinajstić information content (AvgIpc) is 2.17. The number of hydrogen-bond donors (Lipinski definition) is 3. The highest BCUT2D eigenvalue weighted by Crippen LogP contribution is 1.91. The summed E-state index contributed by atoms with van der Waals surface area (Å²) in [5, 5.41) is 4.38. The topological polar surface area (TPSA) is 93.5 Å². The van der Waals surface area contributed by atoms with Gasteiger partial charge in [0.1, 0.15) is 6.10 Å². The molecule has 0 heterocycles. The van der Waals surface area contributed by atoms with Crippen LogP contribution in [0.1, 0.15) is 13.3 Å². The van der Waals surface area contributed by atoms with Gasteiger partial charge in [0.25, 0.3) is 5.91 Å². The lowest BCUT2D eigenvalue weighted by atomic mass is 10.3. The van der Waals surface area contributed by atoms with Crippen molar-refractivity contribution < 1.29 is 14.3 Å². The van der Waals surface area contributed by atoms with Crippen LogP contribution in [0.5, 0.6) is 0 Å². The summed E-state index contributed by atoms with van der Waals surface area (Å²) in [5.41, 5.74) is 5.25. The van der Waals surface area contributed by atoms with Crippen LogP contribution in [-0.2, 0) is 9.53 Å². The molecule has 6 nitrogen and oxygen atoms in total. The van der Waals surface area contributed by atoms with E-state index in [-0.39, 0.29) is 0 Å². The fourth-order valence-electron chi connectivity index (χ4n) is 0.695.